The van der Waals surface area contributed by atoms with Crippen LogP contribution in [0.15, 0.2) is 47.6 Å². The zero-order chi connectivity index (χ0) is 21.2. The van der Waals surface area contributed by atoms with Gasteiger partial charge in [-0.25, -0.2) is 0 Å². The first-order valence-corrected chi connectivity index (χ1v) is 9.84. The average molecular weight is 461 g/mol. The van der Waals surface area contributed by atoms with E-state index >= 15 is 0 Å². The van der Waals surface area contributed by atoms with Crippen molar-refractivity contribution in [2.24, 2.45) is 7.05 Å². The van der Waals surface area contributed by atoms with Gasteiger partial charge in [0.05, 0.1) is 22.0 Å². The molecule has 1 amide bonds. The molecule has 0 fully saturated rings. The fourth-order valence-corrected chi connectivity index (χ4v) is 3.41. The number of aromatic nitrogens is 3. The Hall–Kier alpha value is -2.23. The van der Waals surface area contributed by atoms with E-state index in [2.05, 4.69) is 15.5 Å². The second kappa shape index (κ2) is 8.64. The molecule has 29 heavy (non-hydrogen) atoms. The summed E-state index contributed by atoms with van der Waals surface area (Å²) in [6, 6.07) is 9.78. The van der Waals surface area contributed by atoms with Crippen molar-refractivity contribution in [2.75, 3.05) is 11.1 Å². The predicted octanol–water partition coefficient (Wildman–Crippen LogP) is 5.54. The van der Waals surface area contributed by atoms with E-state index < -0.39 is 17.6 Å². The monoisotopic (exact) mass is 460 g/mol. The second-order valence-corrected chi connectivity index (χ2v) is 7.69. The molecule has 11 heteroatoms. The lowest BCUT2D eigenvalue weighted by molar-refractivity contribution is -0.137. The van der Waals surface area contributed by atoms with Gasteiger partial charge in [0.1, 0.15) is 0 Å². The van der Waals surface area contributed by atoms with Gasteiger partial charge in [0, 0.05) is 17.6 Å². The van der Waals surface area contributed by atoms with Crippen LogP contribution in [0.3, 0.4) is 0 Å². The van der Waals surface area contributed by atoms with Crippen LogP contribution < -0.4 is 5.32 Å². The molecule has 0 aliphatic heterocycles. The third-order valence-corrected chi connectivity index (χ3v) is 5.44. The number of nitrogens with zero attached hydrogens (tertiary/aromatic N) is 3. The summed E-state index contributed by atoms with van der Waals surface area (Å²) in [5.74, 6) is -0.0168. The highest BCUT2D eigenvalue weighted by Crippen LogP contribution is 2.34. The number of benzene rings is 2. The molecule has 0 aliphatic carbocycles. The molecular weight excluding hydrogens is 448 g/mol. The van der Waals surface area contributed by atoms with Crippen molar-refractivity contribution in [3.8, 4) is 11.4 Å². The van der Waals surface area contributed by atoms with Gasteiger partial charge in [-0.05, 0) is 42.5 Å². The van der Waals surface area contributed by atoms with E-state index in [0.29, 0.717) is 16.0 Å². The van der Waals surface area contributed by atoms with Crippen LogP contribution in [0.4, 0.5) is 18.9 Å². The van der Waals surface area contributed by atoms with Crippen LogP contribution in [0, 0.1) is 0 Å². The maximum absolute atomic E-state index is 12.8. The van der Waals surface area contributed by atoms with Crippen LogP contribution in [-0.2, 0) is 18.0 Å². The Kier molecular flexibility index (Phi) is 6.40. The summed E-state index contributed by atoms with van der Waals surface area (Å²) >= 11 is 12.9. The number of alkyl halides is 3. The van der Waals surface area contributed by atoms with Crippen LogP contribution in [0.2, 0.25) is 10.0 Å². The SMILES string of the molecule is Cn1c(SCC(=O)Nc2cc(C(F)(F)F)ccc2Cl)nnc1-c1ccc(Cl)cc1. The first kappa shape index (κ1) is 21.5. The number of hydrogen-bond acceptors (Lipinski definition) is 4. The summed E-state index contributed by atoms with van der Waals surface area (Å²) in [5, 5.41) is 11.6. The van der Waals surface area contributed by atoms with E-state index in [-0.39, 0.29) is 16.5 Å². The third-order valence-electron chi connectivity index (χ3n) is 3.84. The normalized spacial score (nSPS) is 11.5. The highest BCUT2D eigenvalue weighted by Gasteiger charge is 2.31. The van der Waals surface area contributed by atoms with Gasteiger partial charge in [0.2, 0.25) is 5.91 Å². The predicted molar refractivity (Wildman–Crippen MR) is 107 cm³/mol. The number of rotatable bonds is 5. The minimum atomic E-state index is -4.53. The molecule has 0 saturated carbocycles. The van der Waals surface area contributed by atoms with E-state index in [9.17, 15) is 18.0 Å². The maximum Gasteiger partial charge on any atom is 0.416 e. The number of thioether (sulfide) groups is 1. The number of nitrogens with one attached hydrogen (secondary N) is 1. The molecule has 2 aromatic carbocycles. The molecule has 0 radical (unpaired) electrons. The van der Waals surface area contributed by atoms with Crippen LogP contribution >= 0.6 is 35.0 Å². The van der Waals surface area contributed by atoms with Gasteiger partial charge in [-0.2, -0.15) is 13.2 Å². The van der Waals surface area contributed by atoms with Crippen molar-refractivity contribution in [1.29, 1.82) is 0 Å². The highest BCUT2D eigenvalue weighted by molar-refractivity contribution is 7.99. The molecule has 0 atom stereocenters. The Morgan fingerprint density at radius 1 is 1.14 bits per heavy atom. The Morgan fingerprint density at radius 2 is 1.83 bits per heavy atom. The van der Waals surface area contributed by atoms with Crippen molar-refractivity contribution in [1.82, 2.24) is 14.8 Å². The largest absolute Gasteiger partial charge is 0.416 e. The summed E-state index contributed by atoms with van der Waals surface area (Å²) in [4.78, 5) is 12.2. The van der Waals surface area contributed by atoms with Gasteiger partial charge in [-0.1, -0.05) is 35.0 Å². The van der Waals surface area contributed by atoms with E-state index in [0.717, 1.165) is 35.5 Å². The number of anilines is 1. The molecule has 0 aliphatic rings. The lowest BCUT2D eigenvalue weighted by Gasteiger charge is -2.11. The molecule has 0 unspecified atom stereocenters. The molecule has 1 heterocycles. The summed E-state index contributed by atoms with van der Waals surface area (Å²) in [5.41, 5.74) is -0.200. The molecule has 0 spiro atoms. The second-order valence-electron chi connectivity index (χ2n) is 5.90. The van der Waals surface area contributed by atoms with E-state index in [1.807, 2.05) is 0 Å². The molecule has 1 N–H and O–H groups in total. The molecule has 1 aromatic heterocycles. The van der Waals surface area contributed by atoms with Gasteiger partial charge in [-0.3, -0.25) is 4.79 Å². The Balaban J connectivity index is 1.67. The van der Waals surface area contributed by atoms with Crippen molar-refractivity contribution < 1.29 is 18.0 Å². The number of carbonyl (C=O) groups excluding carboxylic acids is 1. The van der Waals surface area contributed by atoms with Crippen LogP contribution in [0.25, 0.3) is 11.4 Å². The summed E-state index contributed by atoms with van der Waals surface area (Å²) < 4.78 is 40.2. The third kappa shape index (κ3) is 5.23. The molecule has 3 aromatic rings. The number of halogens is 5. The summed E-state index contributed by atoms with van der Waals surface area (Å²) in [6.45, 7) is 0. The molecule has 3 rings (SSSR count). The zero-order valence-electron chi connectivity index (χ0n) is 14.8. The van der Waals surface area contributed by atoms with Crippen LogP contribution in [0.5, 0.6) is 0 Å². The summed E-state index contributed by atoms with van der Waals surface area (Å²) in [6.07, 6.45) is -4.53. The Bertz CT molecular complexity index is 1040. The maximum atomic E-state index is 12.8. The van der Waals surface area contributed by atoms with E-state index in [1.165, 1.54) is 0 Å². The van der Waals surface area contributed by atoms with Gasteiger partial charge in [0.15, 0.2) is 11.0 Å². The molecule has 0 bridgehead atoms. The molecule has 0 saturated heterocycles. The average Bonchev–Trinajstić information content (AvgIpc) is 3.02. The Morgan fingerprint density at radius 3 is 2.48 bits per heavy atom. The zero-order valence-corrected chi connectivity index (χ0v) is 17.1. The molecular formula is C18H13Cl2F3N4OS. The number of carbonyl (C=O) groups is 1. The van der Waals surface area contributed by atoms with Gasteiger partial charge in [0.25, 0.3) is 0 Å². The topological polar surface area (TPSA) is 59.8 Å². The van der Waals surface area contributed by atoms with Crippen molar-refractivity contribution >= 4 is 46.6 Å². The highest BCUT2D eigenvalue weighted by atomic mass is 35.5. The first-order valence-electron chi connectivity index (χ1n) is 8.10. The van der Waals surface area contributed by atoms with Gasteiger partial charge >= 0.3 is 6.18 Å². The lowest BCUT2D eigenvalue weighted by atomic mass is 10.2. The smallest absolute Gasteiger partial charge is 0.324 e. The lowest BCUT2D eigenvalue weighted by Crippen LogP contribution is -2.16. The van der Waals surface area contributed by atoms with Gasteiger partial charge in [-0.15, -0.1) is 10.2 Å². The number of amides is 1. The fraction of sp³-hybridized carbons (Fsp3) is 0.167. The van der Waals surface area contributed by atoms with Crippen molar-refractivity contribution in [3.05, 3.63) is 58.1 Å². The molecule has 152 valence electrons. The fourth-order valence-electron chi connectivity index (χ4n) is 2.40. The van der Waals surface area contributed by atoms with Crippen molar-refractivity contribution in [3.63, 3.8) is 0 Å². The van der Waals surface area contributed by atoms with E-state index in [1.54, 1.807) is 35.9 Å². The first-order chi connectivity index (χ1) is 13.6. The molecule has 5 nitrogen and oxygen atoms in total. The van der Waals surface area contributed by atoms with E-state index in [4.69, 9.17) is 23.2 Å². The Labute approximate surface area is 178 Å². The minimum Gasteiger partial charge on any atom is -0.324 e. The number of hydrogen-bond donors (Lipinski definition) is 1. The summed E-state index contributed by atoms with van der Waals surface area (Å²) in [7, 11) is 1.74. The minimum absolute atomic E-state index is 0.0139. The van der Waals surface area contributed by atoms with Gasteiger partial charge < -0.3 is 9.88 Å². The van der Waals surface area contributed by atoms with Crippen LogP contribution in [0.1, 0.15) is 5.56 Å². The van der Waals surface area contributed by atoms with Crippen molar-refractivity contribution in [2.45, 2.75) is 11.3 Å². The van der Waals surface area contributed by atoms with Crippen LogP contribution in [-0.4, -0.2) is 26.4 Å². The quantitative estimate of drug-likeness (QED) is 0.507. The standard InChI is InChI=1S/C18H13Cl2F3N4OS/c1-27-16(10-2-5-12(19)6-3-10)25-26-17(27)29-9-15(28)24-14-8-11(18(21,22)23)4-7-13(14)20/h2-8H,9H2,1H3,(H,24,28).